The summed E-state index contributed by atoms with van der Waals surface area (Å²) in [6.07, 6.45) is 1.77. The molecule has 164 valence electrons. The van der Waals surface area contributed by atoms with Gasteiger partial charge in [-0.3, -0.25) is 4.98 Å². The lowest BCUT2D eigenvalue weighted by Crippen LogP contribution is -2.48. The van der Waals surface area contributed by atoms with E-state index < -0.39 is 0 Å². The number of methoxy groups -OCH3 is 2. The molecular formula is C22H28Cl3N3O2. The summed E-state index contributed by atoms with van der Waals surface area (Å²) in [6.45, 7) is 4.77. The van der Waals surface area contributed by atoms with Gasteiger partial charge in [0.05, 0.1) is 19.7 Å². The molecule has 0 fully saturated rings. The number of halogens is 3. The molecule has 2 aromatic carbocycles. The molecule has 1 unspecified atom stereocenters. The molecule has 0 amide bonds. The minimum absolute atomic E-state index is 0. The molecule has 0 saturated carbocycles. The molecule has 0 spiro atoms. The average molecular weight is 473 g/mol. The molecule has 1 atom stereocenters. The number of aromatic nitrogens is 1. The molecule has 1 aromatic heterocycles. The zero-order valence-electron chi connectivity index (χ0n) is 17.4. The van der Waals surface area contributed by atoms with Crippen molar-refractivity contribution in [1.82, 2.24) is 10.3 Å². The van der Waals surface area contributed by atoms with Crippen molar-refractivity contribution in [3.8, 4) is 11.5 Å². The van der Waals surface area contributed by atoms with E-state index in [-0.39, 0.29) is 36.4 Å². The summed E-state index contributed by atoms with van der Waals surface area (Å²) >= 11 is 6.11. The molecule has 0 radical (unpaired) electrons. The van der Waals surface area contributed by atoms with Crippen LogP contribution in [0.5, 0.6) is 11.5 Å². The third-order valence-corrected chi connectivity index (χ3v) is 5.31. The summed E-state index contributed by atoms with van der Waals surface area (Å²) < 4.78 is 10.8. The Balaban J connectivity index is 0.00000225. The van der Waals surface area contributed by atoms with E-state index in [0.29, 0.717) is 11.6 Å². The molecule has 0 saturated heterocycles. The number of pyridine rings is 1. The van der Waals surface area contributed by atoms with Gasteiger partial charge in [0.25, 0.3) is 0 Å². The first-order chi connectivity index (χ1) is 13.4. The first-order valence-electron chi connectivity index (χ1n) is 9.11. The van der Waals surface area contributed by atoms with Gasteiger partial charge in [-0.25, -0.2) is 0 Å². The second-order valence-electron chi connectivity index (χ2n) is 7.29. The first kappa shape index (κ1) is 26.3. The van der Waals surface area contributed by atoms with Gasteiger partial charge in [0.15, 0.2) is 0 Å². The summed E-state index contributed by atoms with van der Waals surface area (Å²) in [7, 11) is 3.32. The van der Waals surface area contributed by atoms with Crippen LogP contribution in [0, 0.1) is 0 Å². The van der Waals surface area contributed by atoms with Crippen molar-refractivity contribution in [2.75, 3.05) is 14.2 Å². The molecule has 8 heteroatoms. The van der Waals surface area contributed by atoms with Gasteiger partial charge in [-0.1, -0.05) is 17.7 Å². The standard InChI is InChI=1S/C22H26ClN3O2.2ClH/c1-22(2,26-13-14-11-16(27-3)6-8-20(14)28-4)21(24)18-9-10-25-19-12-15(23)5-7-17(18)19;;/h5-12,21,26H,13,24H2,1-4H3;2*1H. The van der Waals surface area contributed by atoms with Crippen LogP contribution < -0.4 is 20.5 Å². The van der Waals surface area contributed by atoms with E-state index in [1.165, 1.54) is 0 Å². The van der Waals surface area contributed by atoms with Gasteiger partial charge in [0.2, 0.25) is 0 Å². The number of hydrogen-bond donors (Lipinski definition) is 2. The van der Waals surface area contributed by atoms with Crippen LogP contribution >= 0.6 is 36.4 Å². The second-order valence-corrected chi connectivity index (χ2v) is 7.73. The summed E-state index contributed by atoms with van der Waals surface area (Å²) in [5, 5.41) is 5.24. The largest absolute Gasteiger partial charge is 0.497 e. The van der Waals surface area contributed by atoms with E-state index >= 15 is 0 Å². The van der Waals surface area contributed by atoms with E-state index in [1.54, 1.807) is 20.4 Å². The molecule has 3 aromatic rings. The molecular weight excluding hydrogens is 445 g/mol. The fourth-order valence-electron chi connectivity index (χ4n) is 3.26. The minimum Gasteiger partial charge on any atom is -0.497 e. The highest BCUT2D eigenvalue weighted by Crippen LogP contribution is 2.31. The zero-order valence-corrected chi connectivity index (χ0v) is 19.8. The highest BCUT2D eigenvalue weighted by atomic mass is 35.5. The van der Waals surface area contributed by atoms with E-state index in [9.17, 15) is 0 Å². The highest BCUT2D eigenvalue weighted by Gasteiger charge is 2.29. The number of nitrogens with two attached hydrogens (primary N) is 1. The van der Waals surface area contributed by atoms with Crippen LogP contribution in [-0.2, 0) is 6.54 Å². The molecule has 3 N–H and O–H groups in total. The third-order valence-electron chi connectivity index (χ3n) is 5.07. The second kappa shape index (κ2) is 11.0. The number of benzene rings is 2. The van der Waals surface area contributed by atoms with Crippen LogP contribution in [0.4, 0.5) is 0 Å². The van der Waals surface area contributed by atoms with Crippen molar-refractivity contribution >= 4 is 47.3 Å². The fraction of sp³-hybridized carbons (Fsp3) is 0.318. The predicted octanol–water partition coefficient (Wildman–Crippen LogP) is 5.32. The van der Waals surface area contributed by atoms with E-state index in [0.717, 1.165) is 33.5 Å². The van der Waals surface area contributed by atoms with Crippen LogP contribution in [0.3, 0.4) is 0 Å². The van der Waals surface area contributed by atoms with Crippen LogP contribution in [0.15, 0.2) is 48.7 Å². The summed E-state index contributed by atoms with van der Waals surface area (Å²) in [6, 6.07) is 13.2. The lowest BCUT2D eigenvalue weighted by Gasteiger charge is -2.34. The topological polar surface area (TPSA) is 69.4 Å². The van der Waals surface area contributed by atoms with E-state index in [4.69, 9.17) is 26.8 Å². The summed E-state index contributed by atoms with van der Waals surface area (Å²) in [5.41, 5.74) is 9.17. The molecule has 0 aliphatic heterocycles. The number of fused-ring (bicyclic) bond motifs is 1. The maximum atomic E-state index is 6.69. The van der Waals surface area contributed by atoms with E-state index in [1.807, 2.05) is 42.5 Å². The quantitative estimate of drug-likeness (QED) is 0.487. The van der Waals surface area contributed by atoms with Crippen molar-refractivity contribution in [3.05, 3.63) is 64.8 Å². The average Bonchev–Trinajstić information content (AvgIpc) is 2.70. The van der Waals surface area contributed by atoms with Gasteiger partial charge in [0.1, 0.15) is 11.5 Å². The number of nitrogens with zero attached hydrogens (tertiary/aromatic N) is 1. The van der Waals surface area contributed by atoms with Crippen LogP contribution in [0.1, 0.15) is 31.0 Å². The molecule has 30 heavy (non-hydrogen) atoms. The Bertz CT molecular complexity index is 983. The Morgan fingerprint density at radius 1 is 1.07 bits per heavy atom. The Labute approximate surface area is 195 Å². The molecule has 0 bridgehead atoms. The normalized spacial score (nSPS) is 11.9. The Kier molecular flexibility index (Phi) is 9.66. The van der Waals surface area contributed by atoms with Crippen molar-refractivity contribution < 1.29 is 9.47 Å². The van der Waals surface area contributed by atoms with Gasteiger partial charge < -0.3 is 20.5 Å². The lowest BCUT2D eigenvalue weighted by molar-refractivity contribution is 0.317. The summed E-state index contributed by atoms with van der Waals surface area (Å²) in [4.78, 5) is 4.41. The highest BCUT2D eigenvalue weighted by molar-refractivity contribution is 6.31. The monoisotopic (exact) mass is 471 g/mol. The van der Waals surface area contributed by atoms with Crippen LogP contribution in [0.25, 0.3) is 10.9 Å². The molecule has 5 nitrogen and oxygen atoms in total. The first-order valence-corrected chi connectivity index (χ1v) is 9.49. The summed E-state index contributed by atoms with van der Waals surface area (Å²) in [5.74, 6) is 1.60. The molecule has 1 heterocycles. The Morgan fingerprint density at radius 3 is 2.47 bits per heavy atom. The van der Waals surface area contributed by atoms with Crippen molar-refractivity contribution in [3.63, 3.8) is 0 Å². The fourth-order valence-corrected chi connectivity index (χ4v) is 3.42. The predicted molar refractivity (Wildman–Crippen MR) is 129 cm³/mol. The molecule has 3 rings (SSSR count). The molecule has 0 aliphatic carbocycles. The van der Waals surface area contributed by atoms with Crippen LogP contribution in [0.2, 0.25) is 5.02 Å². The van der Waals surface area contributed by atoms with Crippen LogP contribution in [-0.4, -0.2) is 24.7 Å². The Hall–Kier alpha value is -1.76. The Morgan fingerprint density at radius 2 is 1.80 bits per heavy atom. The van der Waals surface area contributed by atoms with E-state index in [2.05, 4.69) is 24.1 Å². The maximum Gasteiger partial charge on any atom is 0.123 e. The number of nitrogens with one attached hydrogen (secondary N) is 1. The van der Waals surface area contributed by atoms with Crippen molar-refractivity contribution in [1.29, 1.82) is 0 Å². The van der Waals surface area contributed by atoms with Gasteiger partial charge in [-0.2, -0.15) is 0 Å². The van der Waals surface area contributed by atoms with Crippen molar-refractivity contribution in [2.45, 2.75) is 32.0 Å². The number of hydrogen-bond acceptors (Lipinski definition) is 5. The lowest BCUT2D eigenvalue weighted by atomic mass is 9.87. The van der Waals surface area contributed by atoms with Gasteiger partial charge >= 0.3 is 0 Å². The number of rotatable bonds is 7. The SMILES string of the molecule is COc1ccc(OC)c(CNC(C)(C)C(N)c2ccnc3cc(Cl)ccc23)c1.Cl.Cl. The van der Waals surface area contributed by atoms with Gasteiger partial charge in [0, 0.05) is 40.3 Å². The van der Waals surface area contributed by atoms with Gasteiger partial charge in [-0.15, -0.1) is 24.8 Å². The maximum absolute atomic E-state index is 6.69. The molecule has 0 aliphatic rings. The minimum atomic E-state index is -0.387. The number of ether oxygens (including phenoxy) is 2. The zero-order chi connectivity index (χ0) is 20.3. The third kappa shape index (κ3) is 5.68. The van der Waals surface area contributed by atoms with Gasteiger partial charge in [-0.05, 0) is 55.8 Å². The van der Waals surface area contributed by atoms with Crippen molar-refractivity contribution in [2.24, 2.45) is 5.73 Å². The smallest absolute Gasteiger partial charge is 0.123 e.